The standard InChI is InChI=1S/C25H29N5O3S/c1-33-23-9-7-19-24(30-23)16(10-11-26-19)12-20(31)15-2-4-17(5-3-15)27-13-18-6-8-21-25(28-18)29-22(32)14-34-21/h6-11,15,17,20,27,31H,2-5,12-14H2,1H3,(H,28,29,32)/t15-,17-,20-/m1/s1. The van der Waals surface area contributed by atoms with Crippen LogP contribution >= 0.6 is 11.8 Å². The van der Waals surface area contributed by atoms with E-state index in [4.69, 9.17) is 4.74 Å². The Morgan fingerprint density at radius 3 is 2.85 bits per heavy atom. The number of aliphatic hydroxyl groups excluding tert-OH is 1. The van der Waals surface area contributed by atoms with E-state index in [0.29, 0.717) is 36.5 Å². The zero-order valence-corrected chi connectivity index (χ0v) is 20.0. The maximum absolute atomic E-state index is 11.6. The fourth-order valence-electron chi connectivity index (χ4n) is 4.79. The zero-order chi connectivity index (χ0) is 23.5. The van der Waals surface area contributed by atoms with Gasteiger partial charge < -0.3 is 20.5 Å². The van der Waals surface area contributed by atoms with Gasteiger partial charge in [-0.1, -0.05) is 0 Å². The number of aliphatic hydroxyl groups is 1. The second kappa shape index (κ2) is 10.2. The number of carbonyl (C=O) groups is 1. The van der Waals surface area contributed by atoms with Gasteiger partial charge in [-0.3, -0.25) is 9.78 Å². The van der Waals surface area contributed by atoms with E-state index in [-0.39, 0.29) is 11.8 Å². The fraction of sp³-hybridized carbons (Fsp3) is 0.440. The molecule has 34 heavy (non-hydrogen) atoms. The largest absolute Gasteiger partial charge is 0.481 e. The summed E-state index contributed by atoms with van der Waals surface area (Å²) in [5.74, 6) is 1.94. The first-order chi connectivity index (χ1) is 16.6. The fourth-order valence-corrected chi connectivity index (χ4v) is 5.55. The predicted molar refractivity (Wildman–Crippen MR) is 132 cm³/mol. The molecule has 0 saturated heterocycles. The number of aromatic nitrogens is 3. The quantitative estimate of drug-likeness (QED) is 0.474. The number of nitrogens with one attached hydrogen (secondary N) is 2. The van der Waals surface area contributed by atoms with Crippen LogP contribution in [0.3, 0.4) is 0 Å². The Morgan fingerprint density at radius 1 is 1.18 bits per heavy atom. The van der Waals surface area contributed by atoms with Crippen molar-refractivity contribution in [2.45, 2.75) is 55.7 Å². The summed E-state index contributed by atoms with van der Waals surface area (Å²) in [5.41, 5.74) is 3.53. The summed E-state index contributed by atoms with van der Waals surface area (Å²) in [5, 5.41) is 17.5. The van der Waals surface area contributed by atoms with Crippen molar-refractivity contribution in [3.05, 3.63) is 47.8 Å². The molecule has 8 nitrogen and oxygen atoms in total. The zero-order valence-electron chi connectivity index (χ0n) is 19.2. The minimum Gasteiger partial charge on any atom is -0.481 e. The van der Waals surface area contributed by atoms with E-state index < -0.39 is 6.10 Å². The number of pyridine rings is 3. The van der Waals surface area contributed by atoms with Gasteiger partial charge in [0.15, 0.2) is 0 Å². The van der Waals surface area contributed by atoms with Gasteiger partial charge in [0, 0.05) is 31.3 Å². The van der Waals surface area contributed by atoms with Gasteiger partial charge in [0.2, 0.25) is 11.8 Å². The predicted octanol–water partition coefficient (Wildman–Crippen LogP) is 3.33. The van der Waals surface area contributed by atoms with Crippen molar-refractivity contribution in [2.75, 3.05) is 18.2 Å². The Balaban J connectivity index is 1.14. The Morgan fingerprint density at radius 2 is 2.03 bits per heavy atom. The molecule has 3 aromatic rings. The van der Waals surface area contributed by atoms with Crippen LogP contribution in [0.15, 0.2) is 41.4 Å². The van der Waals surface area contributed by atoms with Crippen molar-refractivity contribution in [3.63, 3.8) is 0 Å². The van der Waals surface area contributed by atoms with E-state index in [9.17, 15) is 9.90 Å². The first-order valence-electron chi connectivity index (χ1n) is 11.7. The normalized spacial score (nSPS) is 21.1. The van der Waals surface area contributed by atoms with Gasteiger partial charge in [-0.2, -0.15) is 0 Å². The minimum absolute atomic E-state index is 0.00155. The third-order valence-corrected chi connectivity index (χ3v) is 7.75. The lowest BCUT2D eigenvalue weighted by atomic mass is 9.81. The molecule has 1 aliphatic carbocycles. The molecule has 0 unspecified atom stereocenters. The molecule has 0 bridgehead atoms. The van der Waals surface area contributed by atoms with Crippen molar-refractivity contribution in [2.24, 2.45) is 5.92 Å². The molecule has 1 aliphatic heterocycles. The lowest BCUT2D eigenvalue weighted by Gasteiger charge is -2.32. The molecule has 0 spiro atoms. The van der Waals surface area contributed by atoms with E-state index in [1.165, 1.54) is 11.8 Å². The Kier molecular flexibility index (Phi) is 6.94. The molecule has 1 saturated carbocycles. The average Bonchev–Trinajstić information content (AvgIpc) is 2.87. The molecule has 0 radical (unpaired) electrons. The molecule has 4 heterocycles. The van der Waals surface area contributed by atoms with Gasteiger partial charge in [-0.05, 0) is 61.4 Å². The molecular weight excluding hydrogens is 450 g/mol. The Hall–Kier alpha value is -2.75. The highest BCUT2D eigenvalue weighted by atomic mass is 32.2. The second-order valence-electron chi connectivity index (χ2n) is 8.94. The molecule has 1 amide bonds. The van der Waals surface area contributed by atoms with Crippen LogP contribution < -0.4 is 15.4 Å². The van der Waals surface area contributed by atoms with Crippen molar-refractivity contribution in [1.82, 2.24) is 20.3 Å². The number of nitrogens with zero attached hydrogens (tertiary/aromatic N) is 3. The van der Waals surface area contributed by atoms with Crippen molar-refractivity contribution in [3.8, 4) is 5.88 Å². The average molecular weight is 480 g/mol. The van der Waals surface area contributed by atoms with Gasteiger partial charge in [0.25, 0.3) is 0 Å². The summed E-state index contributed by atoms with van der Waals surface area (Å²) >= 11 is 1.53. The number of thioether (sulfide) groups is 1. The van der Waals surface area contributed by atoms with Gasteiger partial charge in [0.1, 0.15) is 5.82 Å². The molecule has 3 aromatic heterocycles. The Labute approximate surface area is 202 Å². The number of hydrogen-bond donors (Lipinski definition) is 3. The first kappa shape index (κ1) is 23.0. The number of amides is 1. The van der Waals surface area contributed by atoms with Crippen molar-refractivity contribution >= 4 is 34.5 Å². The topological polar surface area (TPSA) is 109 Å². The summed E-state index contributed by atoms with van der Waals surface area (Å²) in [6.07, 6.45) is 5.91. The molecule has 1 fully saturated rings. The number of methoxy groups -OCH3 is 1. The maximum Gasteiger partial charge on any atom is 0.235 e. The second-order valence-corrected chi connectivity index (χ2v) is 9.96. The van der Waals surface area contributed by atoms with E-state index in [1.807, 2.05) is 24.3 Å². The maximum atomic E-state index is 11.6. The van der Waals surface area contributed by atoms with Crippen LogP contribution in [0.4, 0.5) is 5.82 Å². The lowest BCUT2D eigenvalue weighted by molar-refractivity contribution is -0.113. The van der Waals surface area contributed by atoms with Crippen LogP contribution in [-0.4, -0.2) is 51.0 Å². The van der Waals surface area contributed by atoms with Crippen LogP contribution in [0.2, 0.25) is 0 Å². The summed E-state index contributed by atoms with van der Waals surface area (Å²) in [6, 6.07) is 10.1. The van der Waals surface area contributed by atoms with Crippen LogP contribution in [0.25, 0.3) is 11.0 Å². The lowest BCUT2D eigenvalue weighted by Crippen LogP contribution is -2.36. The third-order valence-electron chi connectivity index (χ3n) is 6.70. The molecule has 2 aliphatic rings. The van der Waals surface area contributed by atoms with E-state index in [1.54, 1.807) is 19.4 Å². The first-order valence-corrected chi connectivity index (χ1v) is 12.7. The monoisotopic (exact) mass is 479 g/mol. The third kappa shape index (κ3) is 5.16. The minimum atomic E-state index is -0.414. The van der Waals surface area contributed by atoms with Crippen molar-refractivity contribution < 1.29 is 14.6 Å². The number of hydrogen-bond acceptors (Lipinski definition) is 8. The molecular formula is C25H29N5O3S. The summed E-state index contributed by atoms with van der Waals surface area (Å²) in [7, 11) is 1.60. The van der Waals surface area contributed by atoms with Gasteiger partial charge >= 0.3 is 0 Å². The van der Waals surface area contributed by atoms with Gasteiger partial charge in [0.05, 0.1) is 40.6 Å². The molecule has 0 aromatic carbocycles. The number of anilines is 1. The number of carbonyl (C=O) groups excluding carboxylic acids is 1. The van der Waals surface area contributed by atoms with E-state index >= 15 is 0 Å². The van der Waals surface area contributed by atoms with Crippen LogP contribution in [-0.2, 0) is 17.8 Å². The highest BCUT2D eigenvalue weighted by Gasteiger charge is 2.27. The highest BCUT2D eigenvalue weighted by Crippen LogP contribution is 2.31. The number of ether oxygens (including phenoxy) is 1. The van der Waals surface area contributed by atoms with E-state index in [0.717, 1.165) is 52.9 Å². The Bertz CT molecular complexity index is 1180. The van der Waals surface area contributed by atoms with Crippen molar-refractivity contribution in [1.29, 1.82) is 0 Å². The van der Waals surface area contributed by atoms with E-state index in [2.05, 4.69) is 25.6 Å². The molecule has 178 valence electrons. The van der Waals surface area contributed by atoms with Crippen LogP contribution in [0.5, 0.6) is 5.88 Å². The summed E-state index contributed by atoms with van der Waals surface area (Å²) < 4.78 is 5.27. The van der Waals surface area contributed by atoms with Gasteiger partial charge in [-0.25, -0.2) is 9.97 Å². The van der Waals surface area contributed by atoms with Crippen LogP contribution in [0.1, 0.15) is 36.9 Å². The molecule has 3 N–H and O–H groups in total. The molecule has 1 atom stereocenters. The summed E-state index contributed by atoms with van der Waals surface area (Å²) in [4.78, 5) is 26.2. The molecule has 5 rings (SSSR count). The number of fused-ring (bicyclic) bond motifs is 2. The highest BCUT2D eigenvalue weighted by molar-refractivity contribution is 8.00. The molecule has 9 heteroatoms. The summed E-state index contributed by atoms with van der Waals surface area (Å²) in [6.45, 7) is 0.669. The van der Waals surface area contributed by atoms with Crippen LogP contribution in [0, 0.1) is 5.92 Å². The van der Waals surface area contributed by atoms with Gasteiger partial charge in [-0.15, -0.1) is 11.8 Å². The SMILES string of the molecule is COc1ccc2nccc(C[C@@H](O)[C@H]3CC[C@H](NCc4ccc5c(n4)NC(=O)CS5)CC3)c2n1. The smallest absolute Gasteiger partial charge is 0.235 e. The number of rotatable bonds is 7.